The summed E-state index contributed by atoms with van der Waals surface area (Å²) in [6.07, 6.45) is -1.76. The molecule has 0 saturated carbocycles. The fourth-order valence-corrected chi connectivity index (χ4v) is 6.99. The fraction of sp³-hybridized carbons (Fsp3) is 0.353. The molecule has 1 amide bonds. The van der Waals surface area contributed by atoms with Gasteiger partial charge in [0.1, 0.15) is 16.2 Å². The number of halogens is 3. The molecule has 2 aliphatic rings. The normalized spacial score (nSPS) is 15.8. The maximum Gasteiger partial charge on any atom is 0.419 e. The standard InChI is InChI=1S/C34H34F3N3O6S/c1-33(2,3)45-32(42)40-27-13-7-21(20-39-15-5-4-6-16-39)17-22(27)18-28(40)25-12-14-29(26-19-38-31(41)30(25)26)46-47(43,44)24-10-8-23(9-11-24)34(35,36)37/h7-14,17-18H,4-6,15-16,19-20H2,1-3H3,(H,38,41). The van der Waals surface area contributed by atoms with Gasteiger partial charge in [-0.3, -0.25) is 9.69 Å². The third-order valence-electron chi connectivity index (χ3n) is 8.17. The fourth-order valence-electron chi connectivity index (χ4n) is 6.03. The average molecular weight is 670 g/mol. The molecule has 1 aromatic heterocycles. The Morgan fingerprint density at radius 2 is 1.64 bits per heavy atom. The van der Waals surface area contributed by atoms with Crippen molar-refractivity contribution in [2.75, 3.05) is 13.1 Å². The van der Waals surface area contributed by atoms with E-state index in [0.717, 1.165) is 55.6 Å². The molecule has 248 valence electrons. The number of piperidine rings is 1. The number of aromatic nitrogens is 1. The minimum Gasteiger partial charge on any atom is -0.443 e. The van der Waals surface area contributed by atoms with Crippen molar-refractivity contribution < 1.29 is 40.1 Å². The number of hydrogen-bond donors (Lipinski definition) is 1. The minimum absolute atomic E-state index is 0.0630. The number of amides is 1. The summed E-state index contributed by atoms with van der Waals surface area (Å²) in [6.45, 7) is 8.00. The summed E-state index contributed by atoms with van der Waals surface area (Å²) in [5.41, 5.74) is 0.907. The van der Waals surface area contributed by atoms with Crippen LogP contribution in [0.3, 0.4) is 0 Å². The van der Waals surface area contributed by atoms with Gasteiger partial charge < -0.3 is 14.2 Å². The van der Waals surface area contributed by atoms with Crippen molar-refractivity contribution >= 4 is 33.0 Å². The zero-order valence-corrected chi connectivity index (χ0v) is 26.9. The highest BCUT2D eigenvalue weighted by Crippen LogP contribution is 2.39. The smallest absolute Gasteiger partial charge is 0.419 e. The highest BCUT2D eigenvalue weighted by molar-refractivity contribution is 7.87. The number of benzene rings is 3. The number of likely N-dealkylation sites (tertiary alicyclic amines) is 1. The highest BCUT2D eigenvalue weighted by atomic mass is 32.2. The average Bonchev–Trinajstić information content (AvgIpc) is 3.57. The number of rotatable bonds is 6. The Morgan fingerprint density at radius 3 is 2.30 bits per heavy atom. The van der Waals surface area contributed by atoms with Gasteiger partial charge in [-0.2, -0.15) is 21.6 Å². The Balaban J connectivity index is 1.42. The largest absolute Gasteiger partial charge is 0.443 e. The molecule has 47 heavy (non-hydrogen) atoms. The van der Waals surface area contributed by atoms with E-state index in [1.54, 1.807) is 26.8 Å². The lowest BCUT2D eigenvalue weighted by Gasteiger charge is -2.26. The first-order chi connectivity index (χ1) is 22.1. The van der Waals surface area contributed by atoms with Crippen LogP contribution in [0.15, 0.2) is 65.6 Å². The van der Waals surface area contributed by atoms with Crippen molar-refractivity contribution in [1.29, 1.82) is 0 Å². The summed E-state index contributed by atoms with van der Waals surface area (Å²) in [4.78, 5) is 28.8. The van der Waals surface area contributed by atoms with Crippen molar-refractivity contribution in [2.24, 2.45) is 0 Å². The molecule has 2 aliphatic heterocycles. The summed E-state index contributed by atoms with van der Waals surface area (Å²) in [6, 6.07) is 13.5. The summed E-state index contributed by atoms with van der Waals surface area (Å²) in [5.74, 6) is -0.662. The monoisotopic (exact) mass is 669 g/mol. The predicted octanol–water partition coefficient (Wildman–Crippen LogP) is 7.11. The van der Waals surface area contributed by atoms with Gasteiger partial charge in [-0.1, -0.05) is 12.5 Å². The van der Waals surface area contributed by atoms with Crippen LogP contribution in [0.2, 0.25) is 0 Å². The van der Waals surface area contributed by atoms with Crippen molar-refractivity contribution in [1.82, 2.24) is 14.8 Å². The van der Waals surface area contributed by atoms with Crippen LogP contribution in [0.4, 0.5) is 18.0 Å². The summed E-state index contributed by atoms with van der Waals surface area (Å²) in [5, 5.41) is 3.45. The number of carbonyl (C=O) groups is 2. The molecule has 0 unspecified atom stereocenters. The molecule has 6 rings (SSSR count). The molecule has 0 atom stereocenters. The molecule has 9 nitrogen and oxygen atoms in total. The maximum absolute atomic E-state index is 13.7. The molecule has 3 aromatic carbocycles. The Hall–Kier alpha value is -4.36. The lowest BCUT2D eigenvalue weighted by atomic mass is 9.99. The Labute approximate surface area is 270 Å². The Morgan fingerprint density at radius 1 is 0.936 bits per heavy atom. The molecule has 0 aliphatic carbocycles. The van der Waals surface area contributed by atoms with E-state index in [4.69, 9.17) is 8.92 Å². The summed E-state index contributed by atoms with van der Waals surface area (Å²) >= 11 is 0. The molecule has 3 heterocycles. The summed E-state index contributed by atoms with van der Waals surface area (Å²) in [7, 11) is -4.56. The Bertz CT molecular complexity index is 1970. The zero-order valence-electron chi connectivity index (χ0n) is 26.1. The van der Waals surface area contributed by atoms with Gasteiger partial charge in [0, 0.05) is 29.6 Å². The van der Waals surface area contributed by atoms with Crippen molar-refractivity contribution in [2.45, 2.75) is 69.8 Å². The van der Waals surface area contributed by atoms with E-state index >= 15 is 0 Å². The zero-order chi connectivity index (χ0) is 33.7. The van der Waals surface area contributed by atoms with Crippen molar-refractivity contribution in [3.63, 3.8) is 0 Å². The lowest BCUT2D eigenvalue weighted by Crippen LogP contribution is -2.29. The van der Waals surface area contributed by atoms with E-state index < -0.39 is 44.4 Å². The number of alkyl halides is 3. The van der Waals surface area contributed by atoms with Gasteiger partial charge in [-0.15, -0.1) is 0 Å². The van der Waals surface area contributed by atoms with Crippen molar-refractivity contribution in [3.8, 4) is 17.0 Å². The molecule has 13 heteroatoms. The van der Waals surface area contributed by atoms with Crippen LogP contribution >= 0.6 is 0 Å². The van der Waals surface area contributed by atoms with Crippen LogP contribution in [0, 0.1) is 0 Å². The molecular weight excluding hydrogens is 635 g/mol. The van der Waals surface area contributed by atoms with E-state index in [9.17, 15) is 31.2 Å². The number of ether oxygens (including phenoxy) is 1. The Kier molecular flexibility index (Phi) is 8.33. The van der Waals surface area contributed by atoms with Crippen LogP contribution in [0.25, 0.3) is 22.2 Å². The quantitative estimate of drug-likeness (QED) is 0.218. The second kappa shape index (κ2) is 12.0. The SMILES string of the molecule is CC(C)(C)OC(=O)n1c(-c2ccc(OS(=O)(=O)c3ccc(C(F)(F)F)cc3)c3c2C(=O)NC3)cc2cc(CN3CCCCC3)ccc21. The van der Waals surface area contributed by atoms with E-state index in [2.05, 4.69) is 10.2 Å². The predicted molar refractivity (Wildman–Crippen MR) is 169 cm³/mol. The lowest BCUT2D eigenvalue weighted by molar-refractivity contribution is -0.137. The molecule has 1 N–H and O–H groups in total. The van der Waals surface area contributed by atoms with E-state index in [1.165, 1.54) is 23.1 Å². The van der Waals surface area contributed by atoms with E-state index in [0.29, 0.717) is 28.9 Å². The molecule has 0 radical (unpaired) electrons. The summed E-state index contributed by atoms with van der Waals surface area (Å²) < 4.78 is 77.8. The first kappa shape index (κ1) is 32.6. The maximum atomic E-state index is 13.7. The van der Waals surface area contributed by atoms with Gasteiger partial charge in [-0.25, -0.2) is 9.36 Å². The van der Waals surface area contributed by atoms with Crippen LogP contribution in [0.5, 0.6) is 5.75 Å². The van der Waals surface area contributed by atoms with Gasteiger partial charge in [-0.05, 0) is 107 Å². The van der Waals surface area contributed by atoms with Crippen LogP contribution in [-0.2, 0) is 34.1 Å². The van der Waals surface area contributed by atoms with Gasteiger partial charge in [0.25, 0.3) is 5.91 Å². The van der Waals surface area contributed by atoms with Gasteiger partial charge in [0.2, 0.25) is 0 Å². The number of hydrogen-bond acceptors (Lipinski definition) is 7. The van der Waals surface area contributed by atoms with E-state index in [1.807, 2.05) is 18.2 Å². The van der Waals surface area contributed by atoms with Crippen LogP contribution < -0.4 is 9.50 Å². The molecule has 0 spiro atoms. The third-order valence-corrected chi connectivity index (χ3v) is 9.41. The van der Waals surface area contributed by atoms with E-state index in [-0.39, 0.29) is 23.4 Å². The van der Waals surface area contributed by atoms with Crippen LogP contribution in [0.1, 0.15) is 67.1 Å². The van der Waals surface area contributed by atoms with Gasteiger partial charge in [0.05, 0.1) is 22.3 Å². The van der Waals surface area contributed by atoms with Crippen molar-refractivity contribution in [3.05, 3.63) is 82.9 Å². The second-order valence-corrected chi connectivity index (χ2v) is 14.3. The first-order valence-corrected chi connectivity index (χ1v) is 16.7. The van der Waals surface area contributed by atoms with Gasteiger partial charge in [0.15, 0.2) is 0 Å². The first-order valence-electron chi connectivity index (χ1n) is 15.3. The topological polar surface area (TPSA) is 107 Å². The molecular formula is C34H34F3N3O6S. The van der Waals surface area contributed by atoms with Crippen LogP contribution in [-0.4, -0.2) is 48.6 Å². The minimum atomic E-state index is -4.64. The number of fused-ring (bicyclic) bond motifs is 2. The molecule has 1 fully saturated rings. The second-order valence-electron chi connectivity index (χ2n) is 12.8. The molecule has 1 saturated heterocycles. The molecule has 0 bridgehead atoms. The number of nitrogens with one attached hydrogen (secondary N) is 1. The van der Waals surface area contributed by atoms with Gasteiger partial charge >= 0.3 is 22.4 Å². The number of nitrogens with zero attached hydrogens (tertiary/aromatic N) is 2. The number of carbonyl (C=O) groups excluding carboxylic acids is 2. The third kappa shape index (κ3) is 6.72. The molecule has 4 aromatic rings. The highest BCUT2D eigenvalue weighted by Gasteiger charge is 2.34.